The molecule has 2 aromatic heterocycles. The van der Waals surface area contributed by atoms with E-state index in [1.54, 1.807) is 36.1 Å². The second-order valence-electron chi connectivity index (χ2n) is 9.82. The van der Waals surface area contributed by atoms with E-state index < -0.39 is 11.7 Å². The molecule has 37 heavy (non-hydrogen) atoms. The molecule has 2 fully saturated rings. The van der Waals surface area contributed by atoms with Gasteiger partial charge >= 0.3 is 6.18 Å². The molecule has 1 amide bonds. The molecule has 1 aliphatic carbocycles. The van der Waals surface area contributed by atoms with Gasteiger partial charge in [-0.05, 0) is 73.6 Å². The number of carbonyl (C=O) groups excluding carboxylic acids is 1. The van der Waals surface area contributed by atoms with Gasteiger partial charge in [-0.3, -0.25) is 4.79 Å². The van der Waals surface area contributed by atoms with Gasteiger partial charge in [0.05, 0.1) is 5.56 Å². The molecule has 1 aliphatic heterocycles. The van der Waals surface area contributed by atoms with Crippen molar-refractivity contribution in [1.29, 1.82) is 0 Å². The topological polar surface area (TPSA) is 67.3 Å². The molecule has 1 aromatic carbocycles. The third kappa shape index (κ3) is 5.68. The number of hydrogen-bond acceptors (Lipinski definition) is 5. The molecule has 1 atom stereocenters. The van der Waals surface area contributed by atoms with Crippen LogP contribution in [0.2, 0.25) is 0 Å². The van der Waals surface area contributed by atoms with Crippen LogP contribution in [0.3, 0.4) is 0 Å². The molecule has 1 saturated carbocycles. The number of benzene rings is 1. The largest absolute Gasteiger partial charge is 0.486 e. The highest BCUT2D eigenvalue weighted by atomic mass is 19.4. The molecular formula is C27H26F4N4O2. The molecule has 0 bridgehead atoms. The van der Waals surface area contributed by atoms with Crippen molar-refractivity contribution < 1.29 is 27.1 Å². The van der Waals surface area contributed by atoms with E-state index in [0.29, 0.717) is 30.4 Å². The molecule has 3 heterocycles. The highest BCUT2D eigenvalue weighted by molar-refractivity contribution is 5.95. The van der Waals surface area contributed by atoms with E-state index >= 15 is 0 Å². The molecule has 1 unspecified atom stereocenters. The van der Waals surface area contributed by atoms with Crippen LogP contribution in [0.25, 0.3) is 0 Å². The summed E-state index contributed by atoms with van der Waals surface area (Å²) in [5, 5.41) is 3.09. The zero-order chi connectivity index (χ0) is 26.2. The quantitative estimate of drug-likeness (QED) is 0.414. The van der Waals surface area contributed by atoms with Gasteiger partial charge in [-0.1, -0.05) is 12.1 Å². The lowest BCUT2D eigenvalue weighted by molar-refractivity contribution is -0.137. The molecule has 1 N–H and O–H groups in total. The fourth-order valence-corrected chi connectivity index (χ4v) is 4.70. The third-order valence-corrected chi connectivity index (χ3v) is 6.95. The second-order valence-corrected chi connectivity index (χ2v) is 9.82. The van der Waals surface area contributed by atoms with Crippen molar-refractivity contribution in [1.82, 2.24) is 14.9 Å². The van der Waals surface area contributed by atoms with Crippen molar-refractivity contribution in [2.24, 2.45) is 5.41 Å². The molecular weight excluding hydrogens is 488 g/mol. The lowest BCUT2D eigenvalue weighted by Gasteiger charge is -2.26. The first-order valence-corrected chi connectivity index (χ1v) is 12.0. The molecule has 1 saturated heterocycles. The maximum Gasteiger partial charge on any atom is 0.417 e. The first-order chi connectivity index (χ1) is 17.6. The van der Waals surface area contributed by atoms with E-state index in [0.717, 1.165) is 37.1 Å². The lowest BCUT2D eigenvalue weighted by Crippen LogP contribution is -2.40. The molecule has 194 valence electrons. The van der Waals surface area contributed by atoms with E-state index in [2.05, 4.69) is 15.3 Å². The molecule has 2 aliphatic rings. The molecule has 1 spiro atoms. The summed E-state index contributed by atoms with van der Waals surface area (Å²) in [6, 6.07) is 11.5. The number of aryl methyl sites for hydroxylation is 1. The highest BCUT2D eigenvalue weighted by Crippen LogP contribution is 2.55. The number of likely N-dealkylation sites (tertiary alicyclic amines) is 1. The van der Waals surface area contributed by atoms with Crippen molar-refractivity contribution in [3.63, 3.8) is 0 Å². The van der Waals surface area contributed by atoms with E-state index in [1.165, 1.54) is 18.2 Å². The molecule has 3 aromatic rings. The fraction of sp³-hybridized carbons (Fsp3) is 0.370. The van der Waals surface area contributed by atoms with Gasteiger partial charge in [0.25, 0.3) is 5.91 Å². The number of alkyl halides is 3. The zero-order valence-corrected chi connectivity index (χ0v) is 20.2. The van der Waals surface area contributed by atoms with Gasteiger partial charge in [0.2, 0.25) is 0 Å². The maximum atomic E-state index is 13.7. The average molecular weight is 515 g/mol. The van der Waals surface area contributed by atoms with E-state index in [9.17, 15) is 22.4 Å². The van der Waals surface area contributed by atoms with Crippen molar-refractivity contribution >= 4 is 11.7 Å². The second kappa shape index (κ2) is 9.64. The molecule has 6 nitrogen and oxygen atoms in total. The van der Waals surface area contributed by atoms with Crippen LogP contribution in [0.5, 0.6) is 5.75 Å². The smallest absolute Gasteiger partial charge is 0.417 e. The summed E-state index contributed by atoms with van der Waals surface area (Å²) in [6.45, 7) is 2.89. The van der Waals surface area contributed by atoms with Crippen LogP contribution in [0.4, 0.5) is 23.4 Å². The Hall–Kier alpha value is -3.69. The molecule has 5 rings (SSSR count). The van der Waals surface area contributed by atoms with E-state index in [1.807, 2.05) is 0 Å². The van der Waals surface area contributed by atoms with E-state index in [4.69, 9.17) is 4.74 Å². The summed E-state index contributed by atoms with van der Waals surface area (Å²) in [7, 11) is 0. The number of rotatable bonds is 7. The van der Waals surface area contributed by atoms with Gasteiger partial charge in [-0.2, -0.15) is 13.2 Å². The molecule has 0 radical (unpaired) electrons. The predicted octanol–water partition coefficient (Wildman–Crippen LogP) is 5.63. The number of nitrogens with zero attached hydrogens (tertiary/aromatic N) is 3. The summed E-state index contributed by atoms with van der Waals surface area (Å²) in [4.78, 5) is 23.9. The number of halogens is 4. The Morgan fingerprint density at radius 1 is 1.14 bits per heavy atom. The van der Waals surface area contributed by atoms with Crippen LogP contribution < -0.4 is 10.1 Å². The normalized spacial score (nSPS) is 18.2. The van der Waals surface area contributed by atoms with Gasteiger partial charge < -0.3 is 15.0 Å². The Kier molecular flexibility index (Phi) is 6.51. The van der Waals surface area contributed by atoms with Crippen LogP contribution in [-0.4, -0.2) is 39.9 Å². The fourth-order valence-electron chi connectivity index (χ4n) is 4.70. The number of pyridine rings is 2. The van der Waals surface area contributed by atoms with Crippen LogP contribution in [0, 0.1) is 18.2 Å². The Labute approximate surface area is 211 Å². The maximum absolute atomic E-state index is 13.7. The minimum atomic E-state index is -4.45. The Balaban J connectivity index is 1.31. The SMILES string of the molecule is Cc1ccc(OCc2ccc(F)cc2)c(C(=O)N2CC3(CC3)CC2CNc2ccc(C(F)(F)F)cn2)n1. The zero-order valence-electron chi connectivity index (χ0n) is 20.2. The number of ether oxygens (including phenoxy) is 1. The van der Waals surface area contributed by atoms with Crippen LogP contribution in [-0.2, 0) is 12.8 Å². The van der Waals surface area contributed by atoms with Gasteiger partial charge in [0.15, 0.2) is 11.4 Å². The Bertz CT molecular complexity index is 1280. The van der Waals surface area contributed by atoms with Crippen LogP contribution >= 0.6 is 0 Å². The van der Waals surface area contributed by atoms with Gasteiger partial charge in [-0.15, -0.1) is 0 Å². The predicted molar refractivity (Wildman–Crippen MR) is 129 cm³/mol. The minimum Gasteiger partial charge on any atom is -0.486 e. The number of anilines is 1. The van der Waals surface area contributed by atoms with E-state index in [-0.39, 0.29) is 35.5 Å². The summed E-state index contributed by atoms with van der Waals surface area (Å²) >= 11 is 0. The van der Waals surface area contributed by atoms with Crippen molar-refractivity contribution in [2.75, 3.05) is 18.4 Å². The summed E-state index contributed by atoms with van der Waals surface area (Å²) in [5.41, 5.74) is 0.893. The van der Waals surface area contributed by atoms with Crippen molar-refractivity contribution in [3.05, 3.63) is 83.1 Å². The number of carbonyl (C=O) groups is 1. The van der Waals surface area contributed by atoms with Gasteiger partial charge in [0.1, 0.15) is 18.2 Å². The van der Waals surface area contributed by atoms with Gasteiger partial charge in [0, 0.05) is 31.0 Å². The van der Waals surface area contributed by atoms with Crippen LogP contribution in [0.1, 0.15) is 46.6 Å². The highest BCUT2D eigenvalue weighted by Gasteiger charge is 2.53. The van der Waals surface area contributed by atoms with Crippen molar-refractivity contribution in [2.45, 2.75) is 45.0 Å². The van der Waals surface area contributed by atoms with Crippen LogP contribution in [0.15, 0.2) is 54.7 Å². The summed E-state index contributed by atoms with van der Waals surface area (Å²) < 4.78 is 57.7. The monoisotopic (exact) mass is 514 g/mol. The first-order valence-electron chi connectivity index (χ1n) is 12.0. The minimum absolute atomic E-state index is 0.0779. The standard InChI is InChI=1S/C27H26F4N4O2/c1-17-2-8-22(37-15-18-3-6-20(28)7-4-18)24(34-17)25(36)35-16-26(10-11-26)12-21(35)14-33-23-9-5-19(13-32-23)27(29,30)31/h2-9,13,21H,10-12,14-16H2,1H3,(H,32,33). The van der Waals surface area contributed by atoms with Gasteiger partial charge in [-0.25, -0.2) is 14.4 Å². The Morgan fingerprint density at radius 2 is 1.89 bits per heavy atom. The number of hydrogen-bond donors (Lipinski definition) is 1. The first kappa shape index (κ1) is 25.0. The summed E-state index contributed by atoms with van der Waals surface area (Å²) in [5.74, 6) is 0.0569. The number of nitrogens with one attached hydrogen (secondary N) is 1. The third-order valence-electron chi connectivity index (χ3n) is 6.95. The average Bonchev–Trinajstić information content (AvgIpc) is 3.53. The summed E-state index contributed by atoms with van der Waals surface area (Å²) in [6.07, 6.45) is -0.800. The Morgan fingerprint density at radius 3 is 2.54 bits per heavy atom. The number of amides is 1. The number of aromatic nitrogens is 2. The molecule has 10 heteroatoms. The lowest BCUT2D eigenvalue weighted by atomic mass is 10.0. The van der Waals surface area contributed by atoms with Crippen molar-refractivity contribution in [3.8, 4) is 5.75 Å².